The molecule has 0 aliphatic heterocycles. The molecule has 3 heterocycles. The molecule has 1 N–H and O–H groups in total. The first kappa shape index (κ1) is 17.4. The molecule has 1 aromatic carbocycles. The molecule has 0 aliphatic rings. The molecule has 3 aromatic heterocycles. The highest BCUT2D eigenvalue weighted by Crippen LogP contribution is 2.33. The second-order valence-electron chi connectivity index (χ2n) is 5.86. The number of nitrogens with one attached hydrogen (secondary N) is 1. The lowest BCUT2D eigenvalue weighted by molar-refractivity contribution is 0.102. The third-order valence-corrected chi connectivity index (χ3v) is 5.21. The Balaban J connectivity index is 1.55. The van der Waals surface area contributed by atoms with E-state index in [-0.39, 0.29) is 5.91 Å². The van der Waals surface area contributed by atoms with E-state index in [4.69, 9.17) is 11.6 Å². The maximum Gasteiger partial charge on any atom is 0.255 e. The number of anilines is 1. The van der Waals surface area contributed by atoms with Crippen molar-refractivity contribution in [3.05, 3.63) is 89.3 Å². The maximum absolute atomic E-state index is 12.4. The predicted octanol–water partition coefficient (Wildman–Crippen LogP) is 5.78. The maximum atomic E-state index is 12.4. The van der Waals surface area contributed by atoms with Gasteiger partial charge in [0.05, 0.1) is 11.9 Å². The number of carbonyl (C=O) groups excluding carboxylic acids is 1. The topological polar surface area (TPSA) is 54.9 Å². The van der Waals surface area contributed by atoms with Crippen molar-refractivity contribution in [2.24, 2.45) is 0 Å². The first-order valence-corrected chi connectivity index (χ1v) is 9.46. The van der Waals surface area contributed by atoms with Gasteiger partial charge in [-0.15, -0.1) is 11.3 Å². The average molecular weight is 392 g/mol. The van der Waals surface area contributed by atoms with E-state index in [1.54, 1.807) is 54.2 Å². The summed E-state index contributed by atoms with van der Waals surface area (Å²) in [6, 6.07) is 14.7. The van der Waals surface area contributed by atoms with Crippen LogP contribution in [0.4, 0.5) is 5.69 Å². The molecular weight excluding hydrogens is 378 g/mol. The van der Waals surface area contributed by atoms with Crippen molar-refractivity contribution in [3.63, 3.8) is 0 Å². The van der Waals surface area contributed by atoms with Crippen LogP contribution in [0.2, 0.25) is 5.02 Å². The van der Waals surface area contributed by atoms with Crippen LogP contribution >= 0.6 is 22.9 Å². The number of benzene rings is 1. The van der Waals surface area contributed by atoms with Crippen molar-refractivity contribution in [2.45, 2.75) is 0 Å². The summed E-state index contributed by atoms with van der Waals surface area (Å²) in [6.45, 7) is 0. The fourth-order valence-corrected chi connectivity index (χ4v) is 3.65. The summed E-state index contributed by atoms with van der Waals surface area (Å²) in [5.74, 6) is -0.201. The van der Waals surface area contributed by atoms with Crippen molar-refractivity contribution in [1.29, 1.82) is 0 Å². The summed E-state index contributed by atoms with van der Waals surface area (Å²) in [5, 5.41) is 5.56. The van der Waals surface area contributed by atoms with Crippen LogP contribution in [0.15, 0.2) is 78.7 Å². The number of amides is 1. The smallest absolute Gasteiger partial charge is 0.255 e. The number of hydrogen-bond acceptors (Lipinski definition) is 4. The van der Waals surface area contributed by atoms with Gasteiger partial charge in [0.25, 0.3) is 5.91 Å². The lowest BCUT2D eigenvalue weighted by Gasteiger charge is -2.06. The van der Waals surface area contributed by atoms with Crippen molar-refractivity contribution in [1.82, 2.24) is 9.97 Å². The number of aromatic nitrogens is 2. The van der Waals surface area contributed by atoms with Crippen LogP contribution in [0.1, 0.15) is 10.4 Å². The van der Waals surface area contributed by atoms with Crippen LogP contribution in [0, 0.1) is 0 Å². The molecule has 0 atom stereocenters. The zero-order valence-corrected chi connectivity index (χ0v) is 15.7. The normalized spacial score (nSPS) is 10.6. The van der Waals surface area contributed by atoms with E-state index in [1.165, 1.54) is 0 Å². The Morgan fingerprint density at radius 2 is 1.74 bits per heavy atom. The Bertz CT molecular complexity index is 1080. The molecule has 27 heavy (non-hydrogen) atoms. The average Bonchev–Trinajstić information content (AvgIpc) is 3.20. The molecule has 4 nitrogen and oxygen atoms in total. The van der Waals surface area contributed by atoms with E-state index in [0.717, 1.165) is 21.6 Å². The van der Waals surface area contributed by atoms with Gasteiger partial charge in [-0.2, -0.15) is 0 Å². The molecule has 0 radical (unpaired) electrons. The Labute approximate surface area is 165 Å². The Kier molecular flexibility index (Phi) is 4.96. The van der Waals surface area contributed by atoms with E-state index in [2.05, 4.69) is 26.7 Å². The zero-order chi connectivity index (χ0) is 18.6. The molecule has 0 spiro atoms. The minimum Gasteiger partial charge on any atom is -0.321 e. The van der Waals surface area contributed by atoms with E-state index >= 15 is 0 Å². The number of halogens is 1. The Morgan fingerprint density at radius 3 is 2.52 bits per heavy atom. The standard InChI is InChI=1S/C21H14ClN3OS/c22-18-5-3-14(4-6-18)21(26)25-19-8-16(11-24-12-19)20-9-17(13-27-20)15-2-1-7-23-10-15/h1-13H,(H,25,26). The number of rotatable bonds is 4. The molecule has 0 fully saturated rings. The second-order valence-corrected chi connectivity index (χ2v) is 7.21. The van der Waals surface area contributed by atoms with Crippen LogP contribution in [-0.4, -0.2) is 15.9 Å². The van der Waals surface area contributed by atoms with Crippen LogP contribution in [-0.2, 0) is 0 Å². The summed E-state index contributed by atoms with van der Waals surface area (Å²) in [6.07, 6.45) is 7.02. The van der Waals surface area contributed by atoms with Crippen LogP contribution in [0.3, 0.4) is 0 Å². The van der Waals surface area contributed by atoms with Gasteiger partial charge in [0.2, 0.25) is 0 Å². The molecule has 132 valence electrons. The van der Waals surface area contributed by atoms with Crippen LogP contribution < -0.4 is 5.32 Å². The van der Waals surface area contributed by atoms with Crippen LogP contribution in [0.5, 0.6) is 0 Å². The van der Waals surface area contributed by atoms with E-state index < -0.39 is 0 Å². The van der Waals surface area contributed by atoms with Crippen LogP contribution in [0.25, 0.3) is 21.6 Å². The van der Waals surface area contributed by atoms with E-state index in [9.17, 15) is 4.79 Å². The molecule has 4 rings (SSSR count). The second kappa shape index (κ2) is 7.70. The van der Waals surface area contributed by atoms with Crippen molar-refractivity contribution >= 4 is 34.5 Å². The molecule has 0 aliphatic carbocycles. The summed E-state index contributed by atoms with van der Waals surface area (Å²) in [7, 11) is 0. The Morgan fingerprint density at radius 1 is 0.926 bits per heavy atom. The highest BCUT2D eigenvalue weighted by atomic mass is 35.5. The van der Waals surface area contributed by atoms with Gasteiger partial charge in [-0.1, -0.05) is 17.7 Å². The molecule has 0 saturated carbocycles. The molecule has 6 heteroatoms. The zero-order valence-electron chi connectivity index (χ0n) is 14.1. The molecule has 0 bridgehead atoms. The first-order valence-electron chi connectivity index (χ1n) is 8.20. The van der Waals surface area contributed by atoms with Crippen molar-refractivity contribution in [2.75, 3.05) is 5.32 Å². The molecule has 0 unspecified atom stereocenters. The number of thiophene rings is 1. The van der Waals surface area contributed by atoms with Gasteiger partial charge < -0.3 is 5.32 Å². The SMILES string of the molecule is O=C(Nc1cncc(-c2cc(-c3cccnc3)cs2)c1)c1ccc(Cl)cc1. The highest BCUT2D eigenvalue weighted by Gasteiger charge is 2.09. The van der Waals surface area contributed by atoms with Gasteiger partial charge in [0.1, 0.15) is 0 Å². The number of pyridine rings is 2. The monoisotopic (exact) mass is 391 g/mol. The summed E-state index contributed by atoms with van der Waals surface area (Å²) >= 11 is 7.49. The highest BCUT2D eigenvalue weighted by molar-refractivity contribution is 7.14. The minimum absolute atomic E-state index is 0.201. The fourth-order valence-electron chi connectivity index (χ4n) is 2.62. The number of carbonyl (C=O) groups is 1. The van der Waals surface area contributed by atoms with Gasteiger partial charge in [-0.05, 0) is 53.4 Å². The molecule has 1 amide bonds. The van der Waals surface area contributed by atoms with E-state index in [0.29, 0.717) is 16.3 Å². The molecular formula is C21H14ClN3OS. The van der Waals surface area contributed by atoms with Gasteiger partial charge in [0.15, 0.2) is 0 Å². The fraction of sp³-hybridized carbons (Fsp3) is 0. The van der Waals surface area contributed by atoms with Gasteiger partial charge >= 0.3 is 0 Å². The van der Waals surface area contributed by atoms with E-state index in [1.807, 2.05) is 24.4 Å². The van der Waals surface area contributed by atoms with Crippen molar-refractivity contribution < 1.29 is 4.79 Å². The summed E-state index contributed by atoms with van der Waals surface area (Å²) in [4.78, 5) is 21.9. The van der Waals surface area contributed by atoms with Gasteiger partial charge in [-0.3, -0.25) is 14.8 Å². The largest absolute Gasteiger partial charge is 0.321 e. The third kappa shape index (κ3) is 4.05. The van der Waals surface area contributed by atoms with Crippen molar-refractivity contribution in [3.8, 4) is 21.6 Å². The first-order chi connectivity index (χ1) is 13.2. The Hall–Kier alpha value is -3.02. The van der Waals surface area contributed by atoms with Gasteiger partial charge in [-0.25, -0.2) is 0 Å². The van der Waals surface area contributed by atoms with Gasteiger partial charge in [0, 0.05) is 45.2 Å². The third-order valence-electron chi connectivity index (χ3n) is 3.98. The predicted molar refractivity (Wildman–Crippen MR) is 110 cm³/mol. The lowest BCUT2D eigenvalue weighted by Crippen LogP contribution is -2.11. The number of hydrogen-bond donors (Lipinski definition) is 1. The minimum atomic E-state index is -0.201. The molecule has 4 aromatic rings. The number of nitrogens with zero attached hydrogens (tertiary/aromatic N) is 2. The summed E-state index contributed by atoms with van der Waals surface area (Å²) in [5.41, 5.74) is 4.31. The lowest BCUT2D eigenvalue weighted by atomic mass is 10.1. The quantitative estimate of drug-likeness (QED) is 0.480. The molecule has 0 saturated heterocycles. The summed E-state index contributed by atoms with van der Waals surface area (Å²) < 4.78 is 0.